The Morgan fingerprint density at radius 2 is 0.692 bits per heavy atom. The first-order valence-corrected chi connectivity index (χ1v) is 16.9. The molecule has 0 aliphatic rings. The molecular formula is C30H58MoN2O6+2. The summed E-state index contributed by atoms with van der Waals surface area (Å²) in [6.07, 6.45) is 13.6. The quantitative estimate of drug-likeness (QED) is 0.0944. The molecule has 39 heavy (non-hydrogen) atoms. The van der Waals surface area contributed by atoms with Crippen molar-refractivity contribution in [1.82, 2.24) is 9.80 Å². The number of nitrogens with zero attached hydrogens (tertiary/aromatic N) is 2. The zero-order valence-electron chi connectivity index (χ0n) is 25.9. The van der Waals surface area contributed by atoms with Gasteiger partial charge in [0, 0.05) is 39.0 Å². The summed E-state index contributed by atoms with van der Waals surface area (Å²) in [7, 11) is 0. The van der Waals surface area contributed by atoms with Crippen molar-refractivity contribution in [3.63, 3.8) is 0 Å². The molecule has 0 aliphatic heterocycles. The van der Waals surface area contributed by atoms with E-state index in [0.717, 1.165) is 103 Å². The number of carbonyl (C=O) groups excluding carboxylic acids is 4. The Morgan fingerprint density at radius 3 is 0.897 bits per heavy atom. The third-order valence-electron chi connectivity index (χ3n) is 6.15. The van der Waals surface area contributed by atoms with Crippen LogP contribution in [0.2, 0.25) is 0 Å². The molecule has 0 fully saturated rings. The molecule has 0 N–H and O–H groups in total. The van der Waals surface area contributed by atoms with Gasteiger partial charge in [0.25, 0.3) is 0 Å². The first-order valence-electron chi connectivity index (χ1n) is 15.2. The molecule has 0 atom stereocenters. The van der Waals surface area contributed by atoms with Crippen molar-refractivity contribution in [2.75, 3.05) is 26.2 Å². The van der Waals surface area contributed by atoms with Crippen LogP contribution in [-0.2, 0) is 44.5 Å². The summed E-state index contributed by atoms with van der Waals surface area (Å²) in [6.45, 7) is 15.8. The van der Waals surface area contributed by atoms with Crippen LogP contribution in [0.5, 0.6) is 0 Å². The molecule has 228 valence electrons. The molecule has 0 aromatic rings. The molecule has 0 bridgehead atoms. The molecule has 0 radical (unpaired) electrons. The first-order chi connectivity index (χ1) is 18.7. The van der Waals surface area contributed by atoms with Crippen molar-refractivity contribution < 1.29 is 44.5 Å². The standard InChI is InChI=1S/2C15H29NO2.Mo.2O/c2*1-4-7-10-14(17)13-15(18)16(11-8-5-2)12-9-6-3;;;/h2*4-13H2,1-3H3;;;/q;;+2;;. The van der Waals surface area contributed by atoms with Crippen LogP contribution in [0.3, 0.4) is 0 Å². The Morgan fingerprint density at radius 1 is 0.462 bits per heavy atom. The van der Waals surface area contributed by atoms with Gasteiger partial charge in [-0.05, 0) is 38.5 Å². The molecule has 2 amide bonds. The summed E-state index contributed by atoms with van der Waals surface area (Å²) in [5, 5.41) is 0. The zero-order chi connectivity index (χ0) is 30.3. The van der Waals surface area contributed by atoms with Gasteiger partial charge in [-0.15, -0.1) is 0 Å². The molecule has 0 rings (SSSR count). The maximum absolute atomic E-state index is 12.0. The predicted octanol–water partition coefficient (Wildman–Crippen LogP) is 6.89. The maximum atomic E-state index is 12.0. The molecule has 9 heteroatoms. The number of Topliss-reactive ketones (excluding diaryl/α,β-unsaturated/α-hetero) is 2. The van der Waals surface area contributed by atoms with Crippen molar-refractivity contribution in [1.29, 1.82) is 0 Å². The number of hydrogen-bond acceptors (Lipinski definition) is 6. The van der Waals surface area contributed by atoms with E-state index >= 15 is 0 Å². The van der Waals surface area contributed by atoms with E-state index in [9.17, 15) is 19.2 Å². The van der Waals surface area contributed by atoms with Crippen LogP contribution in [0.1, 0.15) is 144 Å². The van der Waals surface area contributed by atoms with Crippen LogP contribution in [0.15, 0.2) is 0 Å². The Bertz CT molecular complexity index is 600. The number of hydrogen-bond donors (Lipinski definition) is 0. The van der Waals surface area contributed by atoms with Crippen LogP contribution in [-0.4, -0.2) is 59.4 Å². The van der Waals surface area contributed by atoms with E-state index in [1.54, 1.807) is 0 Å². The molecule has 0 spiro atoms. The van der Waals surface area contributed by atoms with Crippen molar-refractivity contribution in [2.45, 2.75) is 144 Å². The van der Waals surface area contributed by atoms with Gasteiger partial charge >= 0.3 is 25.3 Å². The molecule has 0 aromatic carbocycles. The topological polar surface area (TPSA) is 109 Å². The minimum absolute atomic E-state index is 0.0259. The van der Waals surface area contributed by atoms with Crippen molar-refractivity contribution in [3.8, 4) is 0 Å². The van der Waals surface area contributed by atoms with Crippen LogP contribution < -0.4 is 0 Å². The van der Waals surface area contributed by atoms with E-state index in [-0.39, 0.29) is 36.2 Å². The summed E-state index contributed by atoms with van der Waals surface area (Å²) in [5.41, 5.74) is 0. The second-order valence-electron chi connectivity index (χ2n) is 9.88. The molecule has 0 unspecified atom stereocenters. The molecule has 0 heterocycles. The first kappa shape index (κ1) is 42.0. The number of rotatable bonds is 22. The van der Waals surface area contributed by atoms with Crippen molar-refractivity contribution >= 4 is 23.4 Å². The molecule has 0 aromatic heterocycles. The second-order valence-corrected chi connectivity index (χ2v) is 10.2. The summed E-state index contributed by atoms with van der Waals surface area (Å²) in [6, 6.07) is 0. The van der Waals surface area contributed by atoms with Gasteiger partial charge in [-0.2, -0.15) is 0 Å². The number of amides is 2. The fourth-order valence-electron chi connectivity index (χ4n) is 3.60. The van der Waals surface area contributed by atoms with E-state index < -0.39 is 18.5 Å². The molecule has 0 aliphatic carbocycles. The van der Waals surface area contributed by atoms with Crippen molar-refractivity contribution in [2.24, 2.45) is 0 Å². The fraction of sp³-hybridized carbons (Fsp3) is 0.867. The Labute approximate surface area is 247 Å². The molecular weight excluding hydrogens is 580 g/mol. The summed E-state index contributed by atoms with van der Waals surface area (Å²) >= 11 is -2.03. The van der Waals surface area contributed by atoms with E-state index in [2.05, 4.69) is 41.5 Å². The van der Waals surface area contributed by atoms with Gasteiger partial charge in [0.05, 0.1) is 12.8 Å². The minimum atomic E-state index is -2.03. The van der Waals surface area contributed by atoms with Crippen molar-refractivity contribution in [3.05, 3.63) is 0 Å². The normalized spacial score (nSPS) is 9.79. The zero-order valence-corrected chi connectivity index (χ0v) is 27.9. The van der Waals surface area contributed by atoms with Gasteiger partial charge in [-0.3, -0.25) is 19.2 Å². The van der Waals surface area contributed by atoms with E-state index in [0.29, 0.717) is 12.8 Å². The number of ketones is 2. The number of unbranched alkanes of at least 4 members (excludes halogenated alkanes) is 6. The average Bonchev–Trinajstić information content (AvgIpc) is 2.91. The van der Waals surface area contributed by atoms with Crippen LogP contribution in [0.4, 0.5) is 0 Å². The van der Waals surface area contributed by atoms with Gasteiger partial charge in [0.2, 0.25) is 11.8 Å². The predicted molar refractivity (Wildman–Crippen MR) is 152 cm³/mol. The van der Waals surface area contributed by atoms with E-state index in [1.807, 2.05) is 9.80 Å². The van der Waals surface area contributed by atoms with Gasteiger partial charge in [-0.25, -0.2) is 0 Å². The Hall–Kier alpha value is -1.43. The van der Waals surface area contributed by atoms with Gasteiger partial charge in [0.15, 0.2) is 0 Å². The number of carbonyl (C=O) groups is 4. The third-order valence-corrected chi connectivity index (χ3v) is 6.15. The summed E-state index contributed by atoms with van der Waals surface area (Å²) in [5.74, 6) is 0.246. The second kappa shape index (κ2) is 32.8. The SMILES string of the molecule is CCCCC(=O)CC(=O)N(CCCC)CCCC.CCCCC(=O)CC(=O)N(CCCC)CCCC.[O]=[Mo+2]=[O]. The molecule has 8 nitrogen and oxygen atoms in total. The monoisotopic (exact) mass is 640 g/mol. The van der Waals surface area contributed by atoms with Gasteiger partial charge in [-0.1, -0.05) is 80.1 Å². The van der Waals surface area contributed by atoms with Gasteiger partial charge in [0.1, 0.15) is 11.6 Å². The Balaban J connectivity index is -0.000000603. The van der Waals surface area contributed by atoms with Gasteiger partial charge < -0.3 is 9.80 Å². The van der Waals surface area contributed by atoms with E-state index in [1.165, 1.54) is 0 Å². The fourth-order valence-corrected chi connectivity index (χ4v) is 3.60. The molecule has 0 saturated heterocycles. The molecule has 0 saturated carbocycles. The summed E-state index contributed by atoms with van der Waals surface area (Å²) < 4.78 is 17.0. The van der Waals surface area contributed by atoms with E-state index in [4.69, 9.17) is 6.80 Å². The summed E-state index contributed by atoms with van der Waals surface area (Å²) in [4.78, 5) is 51.0. The third kappa shape index (κ3) is 29.4. The van der Waals surface area contributed by atoms with Crippen LogP contribution in [0.25, 0.3) is 0 Å². The van der Waals surface area contributed by atoms with Crippen LogP contribution in [0, 0.1) is 0 Å². The van der Waals surface area contributed by atoms with Crippen LogP contribution >= 0.6 is 0 Å². The Kier molecular flexibility index (Phi) is 35.3. The average molecular weight is 639 g/mol.